The first-order chi connectivity index (χ1) is 33.8. The number of hydrogen-bond acceptors (Lipinski definition) is 10. The van der Waals surface area contributed by atoms with Crippen LogP contribution in [0.4, 0.5) is 57.9 Å². The van der Waals surface area contributed by atoms with Crippen molar-refractivity contribution in [1.29, 1.82) is 0 Å². The van der Waals surface area contributed by atoms with E-state index in [4.69, 9.17) is 80.4 Å². The molecule has 0 aliphatic carbocycles. The minimum Gasteiger partial charge on any atom is -0.478 e. The van der Waals surface area contributed by atoms with Gasteiger partial charge >= 0.3 is 29.7 Å². The first-order valence-corrected chi connectivity index (χ1v) is 22.3. The Morgan fingerprint density at radius 1 is 0.616 bits per heavy atom. The van der Waals surface area contributed by atoms with Crippen molar-refractivity contribution in [2.24, 2.45) is 0 Å². The number of nitrogen functional groups attached to an aromatic ring is 1. The van der Waals surface area contributed by atoms with Gasteiger partial charge in [-0.2, -0.15) is 35.1 Å². The van der Waals surface area contributed by atoms with Crippen LogP contribution < -0.4 is 11.1 Å². The van der Waals surface area contributed by atoms with Gasteiger partial charge in [-0.3, -0.25) is 29.6 Å². The van der Waals surface area contributed by atoms with Crippen molar-refractivity contribution in [3.63, 3.8) is 0 Å². The van der Waals surface area contributed by atoms with Crippen LogP contribution in [-0.2, 0) is 15.8 Å². The average molecular weight is 1170 g/mol. The number of nitrogens with one attached hydrogen (secondary N) is 1. The number of aliphatic hydroxyl groups is 2. The molecule has 385 valence electrons. The average Bonchev–Trinajstić information content (AvgIpc) is 3.31. The molecule has 6 aromatic carbocycles. The van der Waals surface area contributed by atoms with Gasteiger partial charge in [-0.15, -0.1) is 0 Å². The maximum Gasteiger partial charge on any atom is 0.425 e. The number of halogens is 14. The Labute approximate surface area is 437 Å². The third kappa shape index (κ3) is 14.5. The lowest BCUT2D eigenvalue weighted by molar-refractivity contribution is -0.387. The van der Waals surface area contributed by atoms with Crippen molar-refractivity contribution >= 4 is 120 Å². The molecule has 0 saturated heterocycles. The number of aromatic carboxylic acids is 1. The van der Waals surface area contributed by atoms with Crippen LogP contribution in [0.5, 0.6) is 0 Å². The molecule has 6 aromatic rings. The molecule has 0 spiro atoms. The molecule has 73 heavy (non-hydrogen) atoms. The van der Waals surface area contributed by atoms with Crippen LogP contribution in [0, 0.1) is 31.9 Å². The number of carboxylic acids is 1. The summed E-state index contributed by atoms with van der Waals surface area (Å²) < 4.78 is 119. The second-order valence-corrected chi connectivity index (χ2v) is 17.2. The van der Waals surface area contributed by atoms with Gasteiger partial charge in [0.05, 0.1) is 55.2 Å². The zero-order valence-corrected chi connectivity index (χ0v) is 41.3. The monoisotopic (exact) mass is 1160 g/mol. The fourth-order valence-corrected chi connectivity index (χ4v) is 7.23. The van der Waals surface area contributed by atoms with Gasteiger partial charge in [0.1, 0.15) is 5.56 Å². The summed E-state index contributed by atoms with van der Waals surface area (Å²) in [5.41, 5.74) is -7.29. The van der Waals surface area contributed by atoms with E-state index in [-0.39, 0.29) is 34.1 Å². The number of carbonyl (C=O) groups excluding carboxylic acids is 1. The summed E-state index contributed by atoms with van der Waals surface area (Å²) in [6.45, 7) is 3.27. The van der Waals surface area contributed by atoms with Gasteiger partial charge in [-0.25, -0.2) is 4.79 Å². The first-order valence-electron chi connectivity index (χ1n) is 19.1. The molecular weight excluding hydrogens is 1140 g/mol. The zero-order valence-electron chi connectivity index (χ0n) is 35.9. The van der Waals surface area contributed by atoms with Crippen molar-refractivity contribution in [3.05, 3.63) is 205 Å². The lowest BCUT2D eigenvalue weighted by Crippen LogP contribution is -2.43. The number of rotatable bonds is 10. The molecule has 0 bridgehead atoms. The minimum atomic E-state index is -5.22. The third-order valence-electron chi connectivity index (χ3n) is 9.47. The number of hydrogen-bond donors (Lipinski definition) is 5. The zero-order chi connectivity index (χ0) is 55.6. The number of nitrogens with two attached hydrogens (primary N) is 1. The van der Waals surface area contributed by atoms with E-state index in [9.17, 15) is 79.7 Å². The van der Waals surface area contributed by atoms with Crippen LogP contribution in [0.15, 0.2) is 109 Å². The molecule has 0 fully saturated rings. The molecule has 0 heterocycles. The lowest BCUT2D eigenvalue weighted by atomic mass is 9.85. The topological polar surface area (TPSA) is 236 Å². The highest BCUT2D eigenvalue weighted by molar-refractivity contribution is 7.60. The highest BCUT2D eigenvalue weighted by Crippen LogP contribution is 2.48. The van der Waals surface area contributed by atoms with Crippen LogP contribution in [-0.4, -0.2) is 56.4 Å². The Morgan fingerprint density at radius 3 is 1.26 bits per heavy atom. The number of nitro benzene ring substituents is 2. The van der Waals surface area contributed by atoms with E-state index in [0.717, 1.165) is 97.1 Å². The summed E-state index contributed by atoms with van der Waals surface area (Å²) >= 11 is 35.1. The predicted octanol–water partition coefficient (Wildman–Crippen LogP) is 14.1. The smallest absolute Gasteiger partial charge is 0.425 e. The number of alkyl halides is 6. The molecule has 0 saturated carbocycles. The number of anilines is 2. The summed E-state index contributed by atoms with van der Waals surface area (Å²) in [6.07, 6.45) is -10.2. The summed E-state index contributed by atoms with van der Waals surface area (Å²) in [5, 5.41) is 51.7. The second kappa shape index (κ2) is 25.4. The van der Waals surface area contributed by atoms with Crippen molar-refractivity contribution in [1.82, 2.24) is 0 Å². The predicted molar refractivity (Wildman–Crippen MR) is 259 cm³/mol. The van der Waals surface area contributed by atoms with E-state index in [1.807, 2.05) is 0 Å². The number of carbonyl (C=O) groups is 2. The maximum absolute atomic E-state index is 14.3. The largest absolute Gasteiger partial charge is 0.478 e. The normalized spacial score (nSPS) is 12.7. The van der Waals surface area contributed by atoms with E-state index in [2.05, 4.69) is 5.32 Å². The molecule has 1 radical (unpaired) electrons. The fraction of sp³-hybridized carbons (Fsp3) is 0.116. The summed E-state index contributed by atoms with van der Waals surface area (Å²) in [5.74, 6) is -5.47. The molecule has 14 nitrogen and oxygen atoms in total. The quantitative estimate of drug-likeness (QED) is 0.0216. The first kappa shape index (κ1) is 61.4. The SMILES string of the molecule is C[B]P=O.Nc1c(Cl)cc(C(O)(c2ccc(Cl)cc2)C(F)(F)F)cc1Cl.O=C(Nc1c(Cl)cc(C(O)(c2ccc(Cl)cc2)C(F)(F)F)cc1Cl)c1cccc([N+](=O)[O-])c1F.O=C(O)c1cccc([N+](=O)[O-])c1F. The fourth-order valence-electron chi connectivity index (χ4n) is 5.91. The van der Waals surface area contributed by atoms with E-state index in [1.165, 1.54) is 12.1 Å². The minimum absolute atomic E-state index is 0.0623. The number of nitro groups is 2. The van der Waals surface area contributed by atoms with Crippen LogP contribution in [0.3, 0.4) is 0 Å². The van der Waals surface area contributed by atoms with Gasteiger partial charge in [0.25, 0.3) is 5.91 Å². The molecule has 6 rings (SSSR count). The second-order valence-electron chi connectivity index (χ2n) is 14.0. The van der Waals surface area contributed by atoms with Crippen LogP contribution in [0.1, 0.15) is 43.0 Å². The van der Waals surface area contributed by atoms with Gasteiger partial charge in [0, 0.05) is 33.3 Å². The molecule has 2 unspecified atom stereocenters. The number of amides is 1. The molecule has 0 aliphatic rings. The van der Waals surface area contributed by atoms with Gasteiger partial charge in [-0.05, 0) is 71.8 Å². The van der Waals surface area contributed by atoms with E-state index in [0.29, 0.717) is 0 Å². The molecule has 0 aromatic heterocycles. The van der Waals surface area contributed by atoms with Gasteiger partial charge in [0.15, 0.2) is 0 Å². The Balaban J connectivity index is 0.000000306. The van der Waals surface area contributed by atoms with Crippen LogP contribution in [0.25, 0.3) is 0 Å². The van der Waals surface area contributed by atoms with Gasteiger partial charge in [0.2, 0.25) is 29.8 Å². The molecule has 6 N–H and O–H groups in total. The van der Waals surface area contributed by atoms with E-state index in [1.54, 1.807) is 13.8 Å². The summed E-state index contributed by atoms with van der Waals surface area (Å²) in [4.78, 5) is 41.9. The van der Waals surface area contributed by atoms with E-state index < -0.39 is 117 Å². The van der Waals surface area contributed by atoms with Crippen molar-refractivity contribution < 1.29 is 74.4 Å². The Kier molecular flexibility index (Phi) is 21.4. The standard InChI is InChI=1S/C21H11Cl3F4N2O4.C14H9Cl3F3NO.C7H4FNO4.CH3BOP/c22-12-6-4-10(5-7-12)20(32,21(26,27)28)11-8-14(23)18(15(24)9-11)29-19(31)13-2-1-3-16(17(13)25)30(33)34;15-9-3-1-7(2-4-9)13(22,14(18,19)20)8-5-10(16)12(21)11(17)6-8;8-6-4(7(10)11)2-1-3-5(6)9(12)13;1-2-4-3/h1-9,32H,(H,29,31);1-6,22H,21H2;1-3H,(H,10,11);1H3. The number of nitrogens with zero attached hydrogens (tertiary/aromatic N) is 2. The highest BCUT2D eigenvalue weighted by Gasteiger charge is 2.57. The van der Waals surface area contributed by atoms with Gasteiger partial charge in [-0.1, -0.05) is 113 Å². The van der Waals surface area contributed by atoms with E-state index >= 15 is 0 Å². The van der Waals surface area contributed by atoms with Crippen molar-refractivity contribution in [3.8, 4) is 0 Å². The number of carboxylic acid groups (broad SMARTS) is 1. The molecule has 2 atom stereocenters. The van der Waals surface area contributed by atoms with Gasteiger partial charge < -0.3 is 26.4 Å². The highest BCUT2D eigenvalue weighted by atomic mass is 35.5. The Hall–Kier alpha value is -5.88. The molecule has 0 aliphatic heterocycles. The lowest BCUT2D eigenvalue weighted by Gasteiger charge is -2.32. The summed E-state index contributed by atoms with van der Waals surface area (Å²) in [7, 11) is 0.123. The number of benzene rings is 6. The molecule has 1 amide bonds. The van der Waals surface area contributed by atoms with Crippen molar-refractivity contribution in [2.75, 3.05) is 11.1 Å². The summed E-state index contributed by atoms with van der Waals surface area (Å²) in [6, 6.07) is 18.1. The van der Waals surface area contributed by atoms with Crippen molar-refractivity contribution in [2.45, 2.75) is 30.4 Å². The van der Waals surface area contributed by atoms with Crippen LogP contribution in [0.2, 0.25) is 37.0 Å². The maximum atomic E-state index is 14.3. The third-order valence-corrected chi connectivity index (χ3v) is 11.4. The van der Waals surface area contributed by atoms with Crippen LogP contribution >= 0.6 is 77.9 Å². The molecule has 30 heteroatoms. The Bertz CT molecular complexity index is 2970. The Morgan fingerprint density at radius 2 is 0.945 bits per heavy atom. The molecular formula is C43H27BCl6F8N4O10P.